The maximum Gasteiger partial charge on any atom is 0.103 e. The largest absolute Gasteiger partial charge is 0.107 e. The van der Waals surface area contributed by atoms with Gasteiger partial charge in [-0.1, -0.05) is 60.1 Å². The topological polar surface area (TPSA) is 0 Å². The summed E-state index contributed by atoms with van der Waals surface area (Å²) >= 11 is 0. The van der Waals surface area contributed by atoms with Crippen LogP contribution in [-0.2, 0) is 12.8 Å². The van der Waals surface area contributed by atoms with E-state index in [9.17, 15) is 0 Å². The number of hydrogen-bond acceptors (Lipinski definition) is 0. The van der Waals surface area contributed by atoms with Crippen LogP contribution in [0.1, 0.15) is 11.1 Å². The molecule has 0 spiro atoms. The third-order valence-corrected chi connectivity index (χ3v) is 10.2. The molecule has 1 aliphatic rings. The summed E-state index contributed by atoms with van der Waals surface area (Å²) in [5.41, 5.74) is 7.70. The highest BCUT2D eigenvalue weighted by Crippen LogP contribution is 2.24. The quantitative estimate of drug-likeness (QED) is 0.739. The van der Waals surface area contributed by atoms with E-state index >= 15 is 0 Å². The fourth-order valence-corrected chi connectivity index (χ4v) is 6.34. The van der Waals surface area contributed by atoms with Gasteiger partial charge in [0.2, 0.25) is 0 Å². The van der Waals surface area contributed by atoms with Gasteiger partial charge in [0.25, 0.3) is 0 Å². The molecule has 2 heteroatoms. The number of hydrogen-bond donors (Lipinski definition) is 0. The van der Waals surface area contributed by atoms with Gasteiger partial charge in [0.1, 0.15) is 16.1 Å². The van der Waals surface area contributed by atoms with Crippen LogP contribution in [-0.4, -0.2) is 16.1 Å². The molecule has 0 radical (unpaired) electrons. The average molecular weight is 273 g/mol. The maximum atomic E-state index is 4.05. The lowest BCUT2D eigenvalue weighted by atomic mass is 9.88. The highest BCUT2D eigenvalue weighted by Gasteiger charge is 2.32. The van der Waals surface area contributed by atoms with Gasteiger partial charge in [-0.15, -0.1) is 13.2 Å². The van der Waals surface area contributed by atoms with E-state index in [0.717, 1.165) is 0 Å². The first-order valence-electron chi connectivity index (χ1n) is 6.76. The van der Waals surface area contributed by atoms with Crippen LogP contribution in [0.15, 0.2) is 36.7 Å². The van der Waals surface area contributed by atoms with Gasteiger partial charge in [-0.3, -0.25) is 0 Å². The molecule has 0 heterocycles. The molecule has 0 unspecified atom stereocenters. The van der Waals surface area contributed by atoms with E-state index in [1.165, 1.54) is 12.8 Å². The molecule has 0 aromatic heterocycles. The van der Waals surface area contributed by atoms with Crippen molar-refractivity contribution in [3.05, 3.63) is 47.8 Å². The van der Waals surface area contributed by atoms with Gasteiger partial charge < -0.3 is 0 Å². The highest BCUT2D eigenvalue weighted by atomic mass is 28.3. The fraction of sp³-hybridized carbons (Fsp3) is 0.375. The van der Waals surface area contributed by atoms with Crippen molar-refractivity contribution in [2.24, 2.45) is 0 Å². The van der Waals surface area contributed by atoms with E-state index in [2.05, 4.69) is 62.9 Å². The Labute approximate surface area is 113 Å². The molecule has 1 aliphatic carbocycles. The van der Waals surface area contributed by atoms with Gasteiger partial charge in [-0.25, -0.2) is 0 Å². The van der Waals surface area contributed by atoms with E-state index in [4.69, 9.17) is 0 Å². The van der Waals surface area contributed by atoms with Crippen LogP contribution >= 0.6 is 0 Å². The van der Waals surface area contributed by atoms with Crippen LogP contribution in [0.25, 0.3) is 0 Å². The number of rotatable bonds is 4. The SMILES string of the molecule is C=C[Si](C)(C)c1ccc([Si](C)(C)C=C)c2c1CC2. The molecule has 0 amide bonds. The molecular formula is C16H24Si2. The van der Waals surface area contributed by atoms with E-state index in [-0.39, 0.29) is 0 Å². The van der Waals surface area contributed by atoms with Crippen LogP contribution < -0.4 is 10.4 Å². The molecule has 1 aromatic carbocycles. The molecule has 0 fully saturated rings. The first-order valence-corrected chi connectivity index (χ1v) is 12.9. The molecule has 0 saturated carbocycles. The molecule has 0 atom stereocenters. The third-order valence-electron chi connectivity index (χ3n) is 4.47. The molecule has 2 rings (SSSR count). The Balaban J connectivity index is 2.58. The van der Waals surface area contributed by atoms with Gasteiger partial charge in [-0.2, -0.15) is 0 Å². The normalized spacial score (nSPS) is 14.7. The van der Waals surface area contributed by atoms with Gasteiger partial charge in [0.05, 0.1) is 0 Å². The first-order chi connectivity index (χ1) is 8.33. The lowest BCUT2D eigenvalue weighted by molar-refractivity contribution is 0.853. The molecule has 0 saturated heterocycles. The molecular weight excluding hydrogens is 248 g/mol. The Kier molecular flexibility index (Phi) is 3.28. The summed E-state index contributed by atoms with van der Waals surface area (Å²) < 4.78 is 0. The summed E-state index contributed by atoms with van der Waals surface area (Å²) in [4.78, 5) is 0. The lowest BCUT2D eigenvalue weighted by Gasteiger charge is -2.34. The predicted molar refractivity (Wildman–Crippen MR) is 88.5 cm³/mol. The Morgan fingerprint density at radius 2 is 1.17 bits per heavy atom. The van der Waals surface area contributed by atoms with Crippen molar-refractivity contribution in [1.29, 1.82) is 0 Å². The summed E-state index contributed by atoms with van der Waals surface area (Å²) in [7, 11) is -2.83. The molecule has 0 nitrogen and oxygen atoms in total. The Morgan fingerprint density at radius 1 is 0.833 bits per heavy atom. The van der Waals surface area contributed by atoms with Crippen LogP contribution in [0.4, 0.5) is 0 Å². The van der Waals surface area contributed by atoms with Crippen molar-refractivity contribution in [3.8, 4) is 0 Å². The smallest absolute Gasteiger partial charge is 0.103 e. The zero-order valence-corrected chi connectivity index (χ0v) is 14.1. The van der Waals surface area contributed by atoms with Crippen molar-refractivity contribution in [1.82, 2.24) is 0 Å². The van der Waals surface area contributed by atoms with Crippen LogP contribution in [0.3, 0.4) is 0 Å². The van der Waals surface area contributed by atoms with Crippen LogP contribution in [0, 0.1) is 0 Å². The van der Waals surface area contributed by atoms with Gasteiger partial charge in [-0.05, 0) is 24.0 Å². The zero-order chi connectivity index (χ0) is 13.6. The summed E-state index contributed by atoms with van der Waals surface area (Å²) in [6, 6.07) is 4.78. The Bertz CT molecular complexity index is 463. The van der Waals surface area contributed by atoms with Crippen molar-refractivity contribution in [2.75, 3.05) is 0 Å². The minimum Gasteiger partial charge on any atom is -0.107 e. The molecule has 96 valence electrons. The van der Waals surface area contributed by atoms with Crippen molar-refractivity contribution < 1.29 is 0 Å². The van der Waals surface area contributed by atoms with Crippen LogP contribution in [0.2, 0.25) is 26.2 Å². The highest BCUT2D eigenvalue weighted by molar-refractivity contribution is 6.95. The first kappa shape index (κ1) is 13.6. The van der Waals surface area contributed by atoms with Gasteiger partial charge in [0.15, 0.2) is 0 Å². The summed E-state index contributed by atoms with van der Waals surface area (Å²) in [5.74, 6) is 0. The predicted octanol–water partition coefficient (Wildman–Crippen LogP) is 3.07. The minimum atomic E-state index is -1.42. The van der Waals surface area contributed by atoms with Crippen molar-refractivity contribution in [2.45, 2.75) is 39.0 Å². The molecule has 0 N–H and O–H groups in total. The fourth-order valence-electron chi connectivity index (χ4n) is 2.76. The summed E-state index contributed by atoms with van der Waals surface area (Å²) in [5, 5.41) is 3.22. The molecule has 0 aliphatic heterocycles. The minimum absolute atomic E-state index is 1.27. The average Bonchev–Trinajstić information content (AvgIpc) is 2.29. The van der Waals surface area contributed by atoms with E-state index in [1.807, 2.05) is 0 Å². The maximum absolute atomic E-state index is 4.05. The van der Waals surface area contributed by atoms with Gasteiger partial charge >= 0.3 is 0 Å². The lowest BCUT2D eigenvalue weighted by Crippen LogP contribution is -2.50. The second-order valence-electron chi connectivity index (χ2n) is 6.47. The number of benzene rings is 1. The standard InChI is InChI=1S/C16H24Si2/c1-7-17(3,4)15-11-12-16(18(5,6)8-2)14-10-9-13(14)15/h7-8,11-12H,1-2,9-10H2,3-6H3. The second-order valence-corrected chi connectivity index (χ2v) is 15.3. The van der Waals surface area contributed by atoms with E-state index in [1.54, 1.807) is 21.5 Å². The van der Waals surface area contributed by atoms with E-state index < -0.39 is 16.1 Å². The summed E-state index contributed by atoms with van der Waals surface area (Å²) in [6.07, 6.45) is 2.54. The van der Waals surface area contributed by atoms with Crippen molar-refractivity contribution in [3.63, 3.8) is 0 Å². The third kappa shape index (κ3) is 1.97. The zero-order valence-electron chi connectivity index (χ0n) is 12.1. The molecule has 0 bridgehead atoms. The molecule has 1 aromatic rings. The Hall–Kier alpha value is -0.866. The monoisotopic (exact) mass is 272 g/mol. The Morgan fingerprint density at radius 3 is 1.39 bits per heavy atom. The van der Waals surface area contributed by atoms with Crippen molar-refractivity contribution >= 4 is 26.5 Å². The number of fused-ring (bicyclic) bond motifs is 1. The van der Waals surface area contributed by atoms with Crippen LogP contribution in [0.5, 0.6) is 0 Å². The van der Waals surface area contributed by atoms with Gasteiger partial charge in [0, 0.05) is 0 Å². The van der Waals surface area contributed by atoms with E-state index in [0.29, 0.717) is 0 Å². The molecule has 18 heavy (non-hydrogen) atoms. The second kappa shape index (κ2) is 4.35. The summed E-state index contributed by atoms with van der Waals surface area (Å²) in [6.45, 7) is 17.7.